The Hall–Kier alpha value is -6.21. The summed E-state index contributed by atoms with van der Waals surface area (Å²) in [6.45, 7) is 30.7. The second-order valence-electron chi connectivity index (χ2n) is 28.9. The average Bonchev–Trinajstić information content (AvgIpc) is 0.809. The van der Waals surface area contributed by atoms with Crippen LogP contribution in [0.25, 0.3) is 0 Å². The first kappa shape index (κ1) is 85.8. The maximum Gasteiger partial charge on any atom is 0.248 e. The largest absolute Gasteiger partial charge is 0.390 e. The molecular weight excluding hydrogens is 1200 g/mol. The molecule has 0 aliphatic carbocycles. The van der Waals surface area contributed by atoms with Crippen LogP contribution in [0.4, 0.5) is 0 Å². The van der Waals surface area contributed by atoms with E-state index in [1.165, 1.54) is 87.7 Å². The van der Waals surface area contributed by atoms with Crippen molar-refractivity contribution in [2.45, 2.75) is 242 Å². The third kappa shape index (κ3) is 25.1. The highest BCUT2D eigenvalue weighted by Crippen LogP contribution is 2.26. The monoisotopic (exact) mass is 1330 g/mol. The Morgan fingerprint density at radius 3 is 1.41 bits per heavy atom. The molecule has 0 aromatic carbocycles. The van der Waals surface area contributed by atoms with Crippen LogP contribution in [0, 0.1) is 41.4 Å². The summed E-state index contributed by atoms with van der Waals surface area (Å²) >= 11 is 0. The molecule has 94 heavy (non-hydrogen) atoms. The van der Waals surface area contributed by atoms with Crippen molar-refractivity contribution in [1.29, 1.82) is 0 Å². The molecule has 25 nitrogen and oxygen atoms in total. The normalized spacial score (nSPS) is 26.3. The van der Waals surface area contributed by atoms with Crippen molar-refractivity contribution in [2.75, 3.05) is 83.2 Å². The van der Waals surface area contributed by atoms with Gasteiger partial charge in [0.1, 0.15) is 66.5 Å². The fraction of sp³-hybridized carbons (Fsp3) is 0.812. The summed E-state index contributed by atoms with van der Waals surface area (Å²) in [4.78, 5) is 175. The molecule has 0 spiro atoms. The number of aliphatic hydroxyl groups excluding tert-OH is 1. The van der Waals surface area contributed by atoms with Gasteiger partial charge in [0.05, 0.1) is 12.7 Å². The van der Waals surface area contributed by atoms with Crippen LogP contribution in [0.5, 0.6) is 0 Å². The van der Waals surface area contributed by atoms with Crippen molar-refractivity contribution in [1.82, 2.24) is 60.5 Å². The summed E-state index contributed by atoms with van der Waals surface area (Å²) in [5.41, 5.74) is 0. The zero-order chi connectivity index (χ0) is 72.7. The molecule has 540 valence electrons. The zero-order valence-electron chi connectivity index (χ0n) is 62.3. The number of ether oxygens (including phenoxy) is 1. The van der Waals surface area contributed by atoms with Gasteiger partial charge in [0.15, 0.2) is 0 Å². The Morgan fingerprint density at radius 2 is 0.936 bits per heavy atom. The summed E-state index contributed by atoms with van der Waals surface area (Å²) in [5, 5.41) is 23.5. The van der Waals surface area contributed by atoms with Crippen molar-refractivity contribution < 1.29 is 62.6 Å². The van der Waals surface area contributed by atoms with E-state index in [0.717, 1.165) is 9.80 Å². The van der Waals surface area contributed by atoms with Crippen molar-refractivity contribution in [3.63, 3.8) is 0 Å². The van der Waals surface area contributed by atoms with Gasteiger partial charge in [-0.2, -0.15) is 0 Å². The van der Waals surface area contributed by atoms with Crippen LogP contribution in [0.3, 0.4) is 0 Å². The SMILES string of the molecule is C/C=C/C[C@@H](C)[C@@H](O)[C@H]1C(=O)N[C@@H](CC)C(=O)N(C)[C@H](COCCCN(C)C)C(=O)N(C)[C@@H](CC(C)C)C(=O)N[C@H](C(C)C)C(=O)N(C)[C@H](CCC(C)C)C(=O)N[C@H](C)C(=O)N[C@@H](C)C(=O)N(C)[C@@H](CC(C)C)C(=O)N(C)[C@@H](CC(C)C)C(=O)N(C)[C@@H](C(C)C)C(=O)N1C. The number of nitrogens with one attached hydrogen (secondary N) is 4. The van der Waals surface area contributed by atoms with Crippen LogP contribution in [0.15, 0.2) is 12.2 Å². The van der Waals surface area contributed by atoms with Gasteiger partial charge in [0, 0.05) is 55.9 Å². The van der Waals surface area contributed by atoms with Crippen molar-refractivity contribution in [3.05, 3.63) is 12.2 Å². The number of carbonyl (C=O) groups is 11. The van der Waals surface area contributed by atoms with E-state index in [-0.39, 0.29) is 69.0 Å². The number of hydrogen-bond acceptors (Lipinski definition) is 14. The molecule has 13 atom stereocenters. The molecule has 1 fully saturated rings. The minimum atomic E-state index is -1.65. The molecule has 1 aliphatic rings. The van der Waals surface area contributed by atoms with Crippen molar-refractivity contribution in [2.24, 2.45) is 41.4 Å². The van der Waals surface area contributed by atoms with Gasteiger partial charge in [-0.1, -0.05) is 109 Å². The van der Waals surface area contributed by atoms with Gasteiger partial charge in [0.2, 0.25) is 65.0 Å². The third-order valence-electron chi connectivity index (χ3n) is 17.9. The molecule has 0 saturated carbocycles. The maximum absolute atomic E-state index is 15.4. The van der Waals surface area contributed by atoms with Crippen molar-refractivity contribution >= 4 is 65.0 Å². The van der Waals surface area contributed by atoms with E-state index < -0.39 is 155 Å². The maximum atomic E-state index is 15.4. The van der Waals surface area contributed by atoms with Crippen LogP contribution in [0.2, 0.25) is 0 Å². The molecule has 1 aliphatic heterocycles. The number of carbonyl (C=O) groups excluding carboxylic acids is 11. The second-order valence-corrected chi connectivity index (χ2v) is 28.9. The van der Waals surface area contributed by atoms with E-state index in [4.69, 9.17) is 4.74 Å². The molecule has 0 unspecified atom stereocenters. The highest BCUT2D eigenvalue weighted by Gasteiger charge is 2.46. The number of aliphatic hydroxyl groups is 1. The number of likely N-dealkylation sites (N-methyl/N-ethyl adjacent to an activating group) is 7. The highest BCUT2D eigenvalue weighted by molar-refractivity contribution is 6.00. The Balaban J connectivity index is 4.55. The summed E-state index contributed by atoms with van der Waals surface area (Å²) in [7, 11) is 13.8. The molecule has 25 heteroatoms. The highest BCUT2D eigenvalue weighted by atomic mass is 16.5. The summed E-state index contributed by atoms with van der Waals surface area (Å²) in [6, 6.07) is -14.0. The molecule has 0 aromatic rings. The van der Waals surface area contributed by atoms with Crippen LogP contribution in [-0.2, 0) is 57.5 Å². The van der Waals surface area contributed by atoms with Crippen molar-refractivity contribution in [3.8, 4) is 0 Å². The molecule has 1 saturated heterocycles. The molecule has 1 rings (SSSR count). The fourth-order valence-corrected chi connectivity index (χ4v) is 11.8. The predicted molar refractivity (Wildman–Crippen MR) is 366 cm³/mol. The Bertz CT molecular complexity index is 2530. The smallest absolute Gasteiger partial charge is 0.248 e. The topological polar surface area (TPSA) is 291 Å². The van der Waals surface area contributed by atoms with Gasteiger partial charge in [-0.3, -0.25) is 52.7 Å². The van der Waals surface area contributed by atoms with Crippen LogP contribution < -0.4 is 21.3 Å². The quantitative estimate of drug-likeness (QED) is 0.0757. The number of allylic oxidation sites excluding steroid dienone is 2. The minimum absolute atomic E-state index is 0.0221. The number of rotatable bonds is 22. The Labute approximate surface area is 564 Å². The second kappa shape index (κ2) is 40.4. The van der Waals surface area contributed by atoms with Gasteiger partial charge in [-0.15, -0.1) is 0 Å². The first-order valence-electron chi connectivity index (χ1n) is 34.1. The number of hydrogen-bond donors (Lipinski definition) is 5. The van der Waals surface area contributed by atoms with Gasteiger partial charge in [-0.25, -0.2) is 0 Å². The standard InChI is InChI=1S/C69H126N12O13/c1-27-29-31-46(15)58(82)57-62(86)72-49(28-2)64(88)79(24)54(39-94-35-30-34-74(18)19)67(91)76(21)51(36-41(5)6)61(85)73-55(44(11)12)68(92)75(20)50(33-32-40(3)4)60(84)70-47(16)59(83)71-48(17)63(87)77(22)52(37-42(7)8)65(89)78(23)53(38-43(9)10)66(90)80(25)56(45(13)14)69(93)81(57)26/h27,29,40-58,82H,28,30-39H2,1-26H3,(H,70,84)(H,71,83)(H,72,86)(H,73,85)/b29-27+/t46-,47-,48+,49+,50-,51+,52+,53+,54-,55-,56+,57+,58-/m1/s1. The lowest BCUT2D eigenvalue weighted by Crippen LogP contribution is -2.64. The van der Waals surface area contributed by atoms with E-state index in [1.807, 2.05) is 80.5 Å². The zero-order valence-corrected chi connectivity index (χ0v) is 62.3. The van der Waals surface area contributed by atoms with Gasteiger partial charge in [0.25, 0.3) is 0 Å². The van der Waals surface area contributed by atoms with Gasteiger partial charge in [-0.05, 0) is 134 Å². The summed E-state index contributed by atoms with van der Waals surface area (Å²) < 4.78 is 6.14. The first-order valence-corrected chi connectivity index (χ1v) is 34.1. The lowest BCUT2D eigenvalue weighted by molar-refractivity contribution is -0.157. The Kier molecular flexibility index (Phi) is 36.8. The third-order valence-corrected chi connectivity index (χ3v) is 17.9. The first-order chi connectivity index (χ1) is 43.5. The van der Waals surface area contributed by atoms with Gasteiger partial charge < -0.3 is 70.3 Å². The molecule has 0 radical (unpaired) electrons. The number of amides is 11. The fourth-order valence-electron chi connectivity index (χ4n) is 11.8. The summed E-state index contributed by atoms with van der Waals surface area (Å²) in [6.07, 6.45) is 3.96. The van der Waals surface area contributed by atoms with Crippen LogP contribution in [0.1, 0.15) is 169 Å². The van der Waals surface area contributed by atoms with E-state index in [9.17, 15) is 29.1 Å². The molecule has 0 bridgehead atoms. The predicted octanol–water partition coefficient (Wildman–Crippen LogP) is 4.00. The van der Waals surface area contributed by atoms with Gasteiger partial charge >= 0.3 is 0 Å². The van der Waals surface area contributed by atoms with Crippen LogP contribution >= 0.6 is 0 Å². The molecular formula is C69H126N12O13. The lowest BCUT2D eigenvalue weighted by atomic mass is 9.91. The summed E-state index contributed by atoms with van der Waals surface area (Å²) in [5.74, 6) is -9.82. The van der Waals surface area contributed by atoms with E-state index in [1.54, 1.807) is 54.5 Å². The molecule has 1 heterocycles. The number of nitrogens with zero attached hydrogens (tertiary/aromatic N) is 8. The van der Waals surface area contributed by atoms with Crippen LogP contribution in [-0.4, -0.2) is 265 Å². The van der Waals surface area contributed by atoms with E-state index in [2.05, 4.69) is 21.3 Å². The average molecular weight is 1330 g/mol. The lowest BCUT2D eigenvalue weighted by Gasteiger charge is -2.41. The molecule has 5 N–H and O–H groups in total. The Morgan fingerprint density at radius 1 is 0.489 bits per heavy atom. The van der Waals surface area contributed by atoms with E-state index in [0.29, 0.717) is 25.8 Å². The van der Waals surface area contributed by atoms with E-state index >= 15 is 28.8 Å². The molecule has 11 amide bonds. The minimum Gasteiger partial charge on any atom is -0.390 e. The molecule has 0 aromatic heterocycles.